The summed E-state index contributed by atoms with van der Waals surface area (Å²) in [6.07, 6.45) is 1.51. The highest BCUT2D eigenvalue weighted by Crippen LogP contribution is 1.96. The molecule has 0 aliphatic carbocycles. The van der Waals surface area contributed by atoms with Crippen molar-refractivity contribution >= 4 is 5.97 Å². The summed E-state index contributed by atoms with van der Waals surface area (Å²) in [5, 5.41) is 8.17. The molecule has 3 nitrogen and oxygen atoms in total. The average Bonchev–Trinajstić information content (AvgIpc) is 1.63. The summed E-state index contributed by atoms with van der Waals surface area (Å²) in [5.41, 5.74) is 5.27. The molecule has 9 heavy (non-hydrogen) atoms. The minimum atomic E-state index is -0.768. The van der Waals surface area contributed by atoms with Crippen LogP contribution < -0.4 is 5.73 Å². The highest BCUT2D eigenvalue weighted by Gasteiger charge is 1.97. The Balaban J connectivity index is 3.01. The molecule has 0 rings (SSSR count). The van der Waals surface area contributed by atoms with Crippen molar-refractivity contribution in [2.24, 2.45) is 5.73 Å². The van der Waals surface area contributed by atoms with Gasteiger partial charge in [0.25, 0.3) is 0 Å². The normalized spacial score (nSPS) is 13.1. The van der Waals surface area contributed by atoms with Gasteiger partial charge in [-0.2, -0.15) is 0 Å². The van der Waals surface area contributed by atoms with Gasteiger partial charge in [0, 0.05) is 12.5 Å². The lowest BCUT2D eigenvalue weighted by Gasteiger charge is -2.00. The van der Waals surface area contributed by atoms with Gasteiger partial charge in [-0.05, 0) is 19.8 Å². The Morgan fingerprint density at radius 3 is 2.67 bits per heavy atom. The van der Waals surface area contributed by atoms with Crippen molar-refractivity contribution in [1.82, 2.24) is 0 Å². The molecule has 0 aromatic heterocycles. The van der Waals surface area contributed by atoms with E-state index in [1.54, 1.807) is 0 Å². The van der Waals surface area contributed by atoms with E-state index in [-0.39, 0.29) is 12.5 Å². The van der Waals surface area contributed by atoms with Gasteiger partial charge >= 0.3 is 5.97 Å². The van der Waals surface area contributed by atoms with Crippen molar-refractivity contribution in [2.45, 2.75) is 25.3 Å². The summed E-state index contributed by atoms with van der Waals surface area (Å²) in [6, 6.07) is -0.121. The van der Waals surface area contributed by atoms with Crippen molar-refractivity contribution in [1.29, 1.82) is 0 Å². The molecule has 3 N–H and O–H groups in total. The molecule has 53 valence electrons. The van der Waals surface area contributed by atoms with E-state index in [1.807, 2.05) is 0 Å². The molecule has 1 atom stereocenters. The molecule has 0 aliphatic heterocycles. The first-order valence-corrected chi connectivity index (χ1v) is 2.93. The van der Waals surface area contributed by atoms with Gasteiger partial charge in [-0.15, -0.1) is 0 Å². The molecule has 0 heterocycles. The Morgan fingerprint density at radius 1 is 1.78 bits per heavy atom. The highest BCUT2D eigenvalue weighted by molar-refractivity contribution is 5.66. The Bertz CT molecular complexity index is 91.1. The van der Waals surface area contributed by atoms with Gasteiger partial charge in [-0.25, -0.2) is 0 Å². The molecule has 0 fully saturated rings. The predicted molar refractivity (Wildman–Crippen MR) is 34.8 cm³/mol. The first-order chi connectivity index (χ1) is 4.13. The SMILES string of the molecule is [CH2]C(N)CCCC(=O)O. The molecular formula is C6H12NO2. The molecule has 0 saturated carbocycles. The smallest absolute Gasteiger partial charge is 0.303 e. The summed E-state index contributed by atoms with van der Waals surface area (Å²) in [5.74, 6) is -0.768. The van der Waals surface area contributed by atoms with E-state index < -0.39 is 5.97 Å². The van der Waals surface area contributed by atoms with Crippen LogP contribution in [0.15, 0.2) is 0 Å². The zero-order chi connectivity index (χ0) is 7.28. The maximum absolute atomic E-state index is 9.92. The molecule has 1 unspecified atom stereocenters. The second kappa shape index (κ2) is 4.32. The zero-order valence-electron chi connectivity index (χ0n) is 5.34. The summed E-state index contributed by atoms with van der Waals surface area (Å²) < 4.78 is 0. The van der Waals surface area contributed by atoms with Crippen LogP contribution in [0.3, 0.4) is 0 Å². The fraction of sp³-hybridized carbons (Fsp3) is 0.667. The van der Waals surface area contributed by atoms with Gasteiger partial charge in [0.2, 0.25) is 0 Å². The second-order valence-electron chi connectivity index (χ2n) is 2.05. The van der Waals surface area contributed by atoms with Gasteiger partial charge in [-0.1, -0.05) is 0 Å². The number of carbonyl (C=O) groups is 1. The third kappa shape index (κ3) is 7.43. The topological polar surface area (TPSA) is 63.3 Å². The summed E-state index contributed by atoms with van der Waals surface area (Å²) >= 11 is 0. The fourth-order valence-electron chi connectivity index (χ4n) is 0.515. The number of nitrogens with two attached hydrogens (primary N) is 1. The molecule has 1 radical (unpaired) electrons. The molecule has 0 bridgehead atoms. The third-order valence-corrected chi connectivity index (χ3v) is 0.966. The maximum Gasteiger partial charge on any atom is 0.303 e. The second-order valence-corrected chi connectivity index (χ2v) is 2.05. The Kier molecular flexibility index (Phi) is 4.05. The van der Waals surface area contributed by atoms with Crippen molar-refractivity contribution in [3.63, 3.8) is 0 Å². The fourth-order valence-corrected chi connectivity index (χ4v) is 0.515. The number of carboxylic acid groups (broad SMARTS) is 1. The van der Waals surface area contributed by atoms with Crippen LogP contribution in [0.5, 0.6) is 0 Å². The van der Waals surface area contributed by atoms with Crippen molar-refractivity contribution < 1.29 is 9.90 Å². The van der Waals surface area contributed by atoms with E-state index >= 15 is 0 Å². The van der Waals surface area contributed by atoms with E-state index in [2.05, 4.69) is 6.92 Å². The van der Waals surface area contributed by atoms with Crippen LogP contribution in [0.1, 0.15) is 19.3 Å². The quantitative estimate of drug-likeness (QED) is 0.579. The average molecular weight is 130 g/mol. The third-order valence-electron chi connectivity index (χ3n) is 0.966. The largest absolute Gasteiger partial charge is 0.481 e. The van der Waals surface area contributed by atoms with Crippen LogP contribution in [0.25, 0.3) is 0 Å². The van der Waals surface area contributed by atoms with Crippen LogP contribution >= 0.6 is 0 Å². The molecule has 0 aromatic carbocycles. The monoisotopic (exact) mass is 130 g/mol. The van der Waals surface area contributed by atoms with E-state index in [9.17, 15) is 4.79 Å². The van der Waals surface area contributed by atoms with Crippen LogP contribution in [0.4, 0.5) is 0 Å². The van der Waals surface area contributed by atoms with Crippen molar-refractivity contribution in [3.8, 4) is 0 Å². The van der Waals surface area contributed by atoms with Gasteiger partial charge in [0.15, 0.2) is 0 Å². The van der Waals surface area contributed by atoms with Gasteiger partial charge in [0.1, 0.15) is 0 Å². The molecule has 0 aromatic rings. The lowest BCUT2D eigenvalue weighted by molar-refractivity contribution is -0.137. The number of aliphatic carboxylic acids is 1. The summed E-state index contributed by atoms with van der Waals surface area (Å²) in [6.45, 7) is 3.52. The molecule has 0 saturated heterocycles. The van der Waals surface area contributed by atoms with E-state index in [0.717, 1.165) is 0 Å². The highest BCUT2D eigenvalue weighted by atomic mass is 16.4. The van der Waals surface area contributed by atoms with Gasteiger partial charge in [0.05, 0.1) is 0 Å². The van der Waals surface area contributed by atoms with E-state index in [1.165, 1.54) is 0 Å². The number of carboxylic acids is 1. The zero-order valence-corrected chi connectivity index (χ0v) is 5.34. The van der Waals surface area contributed by atoms with Crippen LogP contribution in [-0.2, 0) is 4.79 Å². The number of hydrogen-bond donors (Lipinski definition) is 2. The first kappa shape index (κ1) is 8.43. The Hall–Kier alpha value is -0.570. The Labute approximate surface area is 54.9 Å². The molecule has 0 spiro atoms. The van der Waals surface area contributed by atoms with Crippen LogP contribution in [0.2, 0.25) is 0 Å². The van der Waals surface area contributed by atoms with Gasteiger partial charge < -0.3 is 10.8 Å². The lowest BCUT2D eigenvalue weighted by atomic mass is 10.1. The molecule has 3 heteroatoms. The van der Waals surface area contributed by atoms with Crippen molar-refractivity contribution in [2.75, 3.05) is 0 Å². The maximum atomic E-state index is 9.92. The minimum absolute atomic E-state index is 0.121. The van der Waals surface area contributed by atoms with E-state index in [4.69, 9.17) is 10.8 Å². The summed E-state index contributed by atoms with van der Waals surface area (Å²) in [4.78, 5) is 9.92. The molecule has 0 amide bonds. The van der Waals surface area contributed by atoms with Crippen LogP contribution in [-0.4, -0.2) is 17.1 Å². The Morgan fingerprint density at radius 2 is 2.33 bits per heavy atom. The molecular weight excluding hydrogens is 118 g/mol. The van der Waals surface area contributed by atoms with E-state index in [0.29, 0.717) is 12.8 Å². The molecule has 0 aliphatic rings. The first-order valence-electron chi connectivity index (χ1n) is 2.93. The standard InChI is InChI=1S/C6H12NO2/c1-5(7)3-2-4-6(8)9/h5H,1-4,7H2,(H,8,9). The number of rotatable bonds is 4. The summed E-state index contributed by atoms with van der Waals surface area (Å²) in [7, 11) is 0. The lowest BCUT2D eigenvalue weighted by Crippen LogP contribution is -2.15. The minimum Gasteiger partial charge on any atom is -0.481 e. The van der Waals surface area contributed by atoms with Crippen LogP contribution in [0, 0.1) is 6.92 Å². The number of hydrogen-bond acceptors (Lipinski definition) is 2. The van der Waals surface area contributed by atoms with Crippen molar-refractivity contribution in [3.05, 3.63) is 6.92 Å². The predicted octanol–water partition coefficient (Wildman–Crippen LogP) is 0.403. The van der Waals surface area contributed by atoms with Gasteiger partial charge in [-0.3, -0.25) is 4.79 Å².